The zero-order chi connectivity index (χ0) is 17.1. The van der Waals surface area contributed by atoms with Gasteiger partial charge in [-0.1, -0.05) is 12.1 Å². The molecule has 0 saturated heterocycles. The lowest BCUT2D eigenvalue weighted by molar-refractivity contribution is -0.119. The van der Waals surface area contributed by atoms with E-state index in [1.165, 1.54) is 0 Å². The van der Waals surface area contributed by atoms with Gasteiger partial charge in [-0.2, -0.15) is 0 Å². The summed E-state index contributed by atoms with van der Waals surface area (Å²) >= 11 is 1.56. The van der Waals surface area contributed by atoms with Gasteiger partial charge in [0.05, 0.1) is 18.8 Å². The fourth-order valence-electron chi connectivity index (χ4n) is 2.46. The summed E-state index contributed by atoms with van der Waals surface area (Å²) in [5, 5.41) is 3.29. The van der Waals surface area contributed by atoms with E-state index in [4.69, 9.17) is 10.5 Å². The summed E-state index contributed by atoms with van der Waals surface area (Å²) in [7, 11) is 3.40. The van der Waals surface area contributed by atoms with Crippen LogP contribution in [0.1, 0.15) is 5.56 Å². The van der Waals surface area contributed by atoms with Crippen molar-refractivity contribution in [3.05, 3.63) is 42.1 Å². The van der Waals surface area contributed by atoms with Crippen LogP contribution in [0.5, 0.6) is 5.75 Å². The number of carbonyl (C=O) groups is 1. The highest BCUT2D eigenvalue weighted by molar-refractivity contribution is 7.99. The van der Waals surface area contributed by atoms with Crippen LogP contribution in [-0.4, -0.2) is 36.8 Å². The Hall–Kier alpha value is -2.25. The van der Waals surface area contributed by atoms with Gasteiger partial charge in [-0.15, -0.1) is 11.8 Å². The van der Waals surface area contributed by atoms with Crippen molar-refractivity contribution in [2.75, 3.05) is 30.1 Å². The molecule has 0 spiro atoms. The molecule has 0 radical (unpaired) electrons. The fraction of sp³-hybridized carbons (Fsp3) is 0.294. The molecule has 0 saturated carbocycles. The number of ether oxygens (including phenoxy) is 1. The number of fused-ring (bicyclic) bond motifs is 1. The first kappa shape index (κ1) is 16.6. The number of thioether (sulfide) groups is 1. The molecule has 1 aromatic heterocycles. The van der Waals surface area contributed by atoms with Crippen molar-refractivity contribution in [1.29, 1.82) is 0 Å². The van der Waals surface area contributed by atoms with Gasteiger partial charge in [-0.05, 0) is 17.7 Å². The van der Waals surface area contributed by atoms with Crippen LogP contribution in [0.3, 0.4) is 0 Å². The SMILES string of the molecule is COc1ccc(CNc2cc3c(cn2)SC[C@H](N)C(=O)N3C)cc1. The molecule has 1 aromatic carbocycles. The van der Waals surface area contributed by atoms with E-state index in [1.54, 1.807) is 37.0 Å². The molecule has 0 unspecified atom stereocenters. The number of amides is 1. The van der Waals surface area contributed by atoms with E-state index in [2.05, 4.69) is 10.3 Å². The maximum Gasteiger partial charge on any atom is 0.244 e. The van der Waals surface area contributed by atoms with Crippen molar-refractivity contribution in [2.45, 2.75) is 17.5 Å². The van der Waals surface area contributed by atoms with Crippen molar-refractivity contribution < 1.29 is 9.53 Å². The largest absolute Gasteiger partial charge is 0.497 e. The minimum Gasteiger partial charge on any atom is -0.497 e. The highest BCUT2D eigenvalue weighted by atomic mass is 32.2. The molecular weight excluding hydrogens is 324 g/mol. The number of nitrogens with one attached hydrogen (secondary N) is 1. The Morgan fingerprint density at radius 2 is 2.17 bits per heavy atom. The van der Waals surface area contributed by atoms with Gasteiger partial charge in [0.1, 0.15) is 11.6 Å². The maximum absolute atomic E-state index is 12.2. The second-order valence-corrected chi connectivity index (χ2v) is 6.62. The topological polar surface area (TPSA) is 80.5 Å². The number of methoxy groups -OCH3 is 1. The van der Waals surface area contributed by atoms with E-state index in [0.29, 0.717) is 12.3 Å². The van der Waals surface area contributed by atoms with Crippen molar-refractivity contribution >= 4 is 29.2 Å². The lowest BCUT2D eigenvalue weighted by atomic mass is 10.2. The molecule has 126 valence electrons. The van der Waals surface area contributed by atoms with Crippen molar-refractivity contribution in [2.24, 2.45) is 5.73 Å². The molecule has 7 heteroatoms. The number of pyridine rings is 1. The minimum atomic E-state index is -0.483. The number of nitrogens with zero attached hydrogens (tertiary/aromatic N) is 2. The summed E-state index contributed by atoms with van der Waals surface area (Å²) in [5.41, 5.74) is 7.84. The van der Waals surface area contributed by atoms with E-state index in [9.17, 15) is 4.79 Å². The molecule has 24 heavy (non-hydrogen) atoms. The van der Waals surface area contributed by atoms with Gasteiger partial charge in [0.15, 0.2) is 0 Å². The third-order valence-electron chi connectivity index (χ3n) is 3.91. The molecular formula is C17H20N4O2S. The van der Waals surface area contributed by atoms with E-state index in [-0.39, 0.29) is 5.91 Å². The Labute approximate surface area is 145 Å². The zero-order valence-corrected chi connectivity index (χ0v) is 14.5. The highest BCUT2D eigenvalue weighted by Crippen LogP contribution is 2.34. The summed E-state index contributed by atoms with van der Waals surface area (Å²) in [4.78, 5) is 19.2. The second kappa shape index (κ2) is 7.11. The number of anilines is 2. The maximum atomic E-state index is 12.2. The number of carbonyl (C=O) groups excluding carboxylic acids is 1. The summed E-state index contributed by atoms with van der Waals surface area (Å²) in [5.74, 6) is 2.04. The molecule has 0 fully saturated rings. The summed E-state index contributed by atoms with van der Waals surface area (Å²) in [6.45, 7) is 0.639. The Kier molecular flexibility index (Phi) is 4.92. The van der Waals surface area contributed by atoms with Crippen LogP contribution in [0.4, 0.5) is 11.5 Å². The highest BCUT2D eigenvalue weighted by Gasteiger charge is 2.26. The second-order valence-electron chi connectivity index (χ2n) is 5.55. The molecule has 2 heterocycles. The molecule has 6 nitrogen and oxygen atoms in total. The molecule has 3 rings (SSSR count). The van der Waals surface area contributed by atoms with Crippen LogP contribution in [-0.2, 0) is 11.3 Å². The van der Waals surface area contributed by atoms with Gasteiger partial charge >= 0.3 is 0 Å². The number of benzene rings is 1. The number of aromatic nitrogens is 1. The van der Waals surface area contributed by atoms with Crippen LogP contribution >= 0.6 is 11.8 Å². The summed E-state index contributed by atoms with van der Waals surface area (Å²) in [6.07, 6.45) is 1.79. The molecule has 1 aliphatic heterocycles. The number of rotatable bonds is 4. The van der Waals surface area contributed by atoms with Crippen LogP contribution in [0, 0.1) is 0 Å². The molecule has 3 N–H and O–H groups in total. The monoisotopic (exact) mass is 344 g/mol. The predicted molar refractivity (Wildman–Crippen MR) is 96.7 cm³/mol. The predicted octanol–water partition coefficient (Wildman–Crippen LogP) is 2.10. The van der Waals surface area contributed by atoms with Crippen LogP contribution < -0.4 is 20.7 Å². The lowest BCUT2D eigenvalue weighted by Gasteiger charge is -2.19. The fourth-order valence-corrected chi connectivity index (χ4v) is 3.43. The van der Waals surface area contributed by atoms with Crippen molar-refractivity contribution in [1.82, 2.24) is 4.98 Å². The molecule has 2 aromatic rings. The number of likely N-dealkylation sites (N-methyl/N-ethyl adjacent to an activating group) is 1. The van der Waals surface area contributed by atoms with E-state index in [0.717, 1.165) is 27.7 Å². The average molecular weight is 344 g/mol. The van der Waals surface area contributed by atoms with Gasteiger partial charge in [0, 0.05) is 36.5 Å². The standard InChI is InChI=1S/C17H20N4O2S/c1-21-14-7-16(19-8-11-3-5-12(23-2)6-4-11)20-9-15(14)24-10-13(18)17(21)22/h3-7,9,13H,8,10,18H2,1-2H3,(H,19,20)/t13-/m0/s1. The third kappa shape index (κ3) is 3.47. The Balaban J connectivity index is 1.74. The summed E-state index contributed by atoms with van der Waals surface area (Å²) in [6, 6.07) is 9.25. The Morgan fingerprint density at radius 1 is 1.42 bits per heavy atom. The van der Waals surface area contributed by atoms with Crippen molar-refractivity contribution in [3.8, 4) is 5.75 Å². The minimum absolute atomic E-state index is 0.0754. The van der Waals surface area contributed by atoms with Crippen LogP contribution in [0.2, 0.25) is 0 Å². The number of nitrogens with two attached hydrogens (primary N) is 1. The number of hydrogen-bond donors (Lipinski definition) is 2. The Morgan fingerprint density at radius 3 is 2.88 bits per heavy atom. The lowest BCUT2D eigenvalue weighted by Crippen LogP contribution is -2.42. The van der Waals surface area contributed by atoms with Gasteiger partial charge < -0.3 is 20.7 Å². The molecule has 1 aliphatic rings. The van der Waals surface area contributed by atoms with Crippen LogP contribution in [0.25, 0.3) is 0 Å². The van der Waals surface area contributed by atoms with Gasteiger partial charge in [0.2, 0.25) is 5.91 Å². The molecule has 0 aliphatic carbocycles. The van der Waals surface area contributed by atoms with E-state index < -0.39 is 6.04 Å². The quantitative estimate of drug-likeness (QED) is 0.884. The number of hydrogen-bond acceptors (Lipinski definition) is 6. The van der Waals surface area contributed by atoms with Gasteiger partial charge in [-0.3, -0.25) is 4.79 Å². The van der Waals surface area contributed by atoms with Gasteiger partial charge in [0.25, 0.3) is 0 Å². The first-order valence-electron chi connectivity index (χ1n) is 7.61. The smallest absolute Gasteiger partial charge is 0.244 e. The van der Waals surface area contributed by atoms with E-state index >= 15 is 0 Å². The van der Waals surface area contributed by atoms with Crippen molar-refractivity contribution in [3.63, 3.8) is 0 Å². The van der Waals surface area contributed by atoms with Crippen LogP contribution in [0.15, 0.2) is 41.4 Å². The molecule has 1 amide bonds. The molecule has 1 atom stereocenters. The first-order chi connectivity index (χ1) is 11.6. The molecule has 0 bridgehead atoms. The third-order valence-corrected chi connectivity index (χ3v) is 5.06. The zero-order valence-electron chi connectivity index (χ0n) is 13.7. The average Bonchev–Trinajstić information content (AvgIpc) is 2.73. The summed E-state index contributed by atoms with van der Waals surface area (Å²) < 4.78 is 5.15. The Bertz CT molecular complexity index is 736. The van der Waals surface area contributed by atoms with Gasteiger partial charge in [-0.25, -0.2) is 4.98 Å². The van der Waals surface area contributed by atoms with E-state index in [1.807, 2.05) is 30.3 Å². The normalized spacial score (nSPS) is 17.2. The first-order valence-corrected chi connectivity index (χ1v) is 8.60.